The van der Waals surface area contributed by atoms with Gasteiger partial charge in [0.05, 0.1) is 15.2 Å². The molecule has 0 saturated carbocycles. The van der Waals surface area contributed by atoms with Crippen LogP contribution in [0.3, 0.4) is 0 Å². The van der Waals surface area contributed by atoms with Crippen molar-refractivity contribution in [3.8, 4) is 0 Å². The quantitative estimate of drug-likeness (QED) is 0.644. The molecular formula is C15H19N5S2. The van der Waals surface area contributed by atoms with E-state index in [0.717, 1.165) is 23.6 Å². The first-order chi connectivity index (χ1) is 10.6. The second-order valence-corrected chi connectivity index (χ2v) is 8.27. The van der Waals surface area contributed by atoms with Gasteiger partial charge in [-0.1, -0.05) is 44.7 Å². The summed E-state index contributed by atoms with van der Waals surface area (Å²) in [6, 6.07) is 8.28. The SMILES string of the molecule is CC(C)Cn1nnnc1S[C@H](C)Cc1nc2ccccc2s1. The summed E-state index contributed by atoms with van der Waals surface area (Å²) < 4.78 is 3.14. The first-order valence-electron chi connectivity index (χ1n) is 7.39. The lowest BCUT2D eigenvalue weighted by Crippen LogP contribution is -2.10. The Morgan fingerprint density at radius 2 is 2.05 bits per heavy atom. The number of benzene rings is 1. The van der Waals surface area contributed by atoms with Gasteiger partial charge < -0.3 is 0 Å². The summed E-state index contributed by atoms with van der Waals surface area (Å²) in [5, 5.41) is 14.5. The Hall–Kier alpha value is -1.47. The number of thiazole rings is 1. The predicted molar refractivity (Wildman–Crippen MR) is 91.3 cm³/mol. The molecule has 2 aromatic heterocycles. The monoisotopic (exact) mass is 333 g/mol. The highest BCUT2D eigenvalue weighted by Crippen LogP contribution is 2.27. The van der Waals surface area contributed by atoms with Crippen LogP contribution in [-0.2, 0) is 13.0 Å². The van der Waals surface area contributed by atoms with Gasteiger partial charge in [0.15, 0.2) is 0 Å². The summed E-state index contributed by atoms with van der Waals surface area (Å²) >= 11 is 3.49. The standard InChI is InChI=1S/C15H19N5S2/c1-10(2)9-20-15(17-18-19-20)21-11(3)8-14-16-12-6-4-5-7-13(12)22-14/h4-7,10-11H,8-9H2,1-3H3/t11-/m1/s1. The van der Waals surface area contributed by atoms with E-state index in [4.69, 9.17) is 4.98 Å². The highest BCUT2D eigenvalue weighted by molar-refractivity contribution is 7.99. The molecule has 5 nitrogen and oxygen atoms in total. The van der Waals surface area contributed by atoms with Crippen LogP contribution in [-0.4, -0.2) is 30.4 Å². The van der Waals surface area contributed by atoms with Gasteiger partial charge in [-0.3, -0.25) is 0 Å². The molecule has 0 aliphatic carbocycles. The zero-order valence-corrected chi connectivity index (χ0v) is 14.6. The zero-order chi connectivity index (χ0) is 15.5. The van der Waals surface area contributed by atoms with Crippen LogP contribution in [0.25, 0.3) is 10.2 Å². The lowest BCUT2D eigenvalue weighted by Gasteiger charge is -2.10. The van der Waals surface area contributed by atoms with Gasteiger partial charge in [-0.2, -0.15) is 0 Å². The van der Waals surface area contributed by atoms with Gasteiger partial charge in [-0.15, -0.1) is 16.4 Å². The molecule has 2 heterocycles. The molecule has 0 radical (unpaired) electrons. The van der Waals surface area contributed by atoms with Crippen molar-refractivity contribution in [2.75, 3.05) is 0 Å². The van der Waals surface area contributed by atoms with E-state index in [1.54, 1.807) is 23.1 Å². The highest BCUT2D eigenvalue weighted by atomic mass is 32.2. The average Bonchev–Trinajstić information content (AvgIpc) is 3.04. The molecule has 0 fully saturated rings. The molecule has 1 aromatic carbocycles. The summed E-state index contributed by atoms with van der Waals surface area (Å²) in [6.07, 6.45) is 0.929. The van der Waals surface area contributed by atoms with E-state index in [1.807, 2.05) is 10.7 Å². The minimum absolute atomic E-state index is 0.387. The van der Waals surface area contributed by atoms with Gasteiger partial charge in [-0.25, -0.2) is 9.67 Å². The van der Waals surface area contributed by atoms with Crippen LogP contribution >= 0.6 is 23.1 Å². The number of fused-ring (bicyclic) bond motifs is 1. The molecule has 1 atom stereocenters. The molecule has 0 spiro atoms. The number of hydrogen-bond donors (Lipinski definition) is 0. The zero-order valence-electron chi connectivity index (χ0n) is 12.9. The van der Waals surface area contributed by atoms with Crippen molar-refractivity contribution >= 4 is 33.3 Å². The third-order valence-corrected chi connectivity index (χ3v) is 5.27. The van der Waals surface area contributed by atoms with Crippen molar-refractivity contribution in [2.45, 2.75) is 44.1 Å². The number of thioether (sulfide) groups is 1. The molecule has 3 aromatic rings. The first kappa shape index (κ1) is 15.4. The Labute approximate surface area is 138 Å². The Morgan fingerprint density at radius 3 is 2.82 bits per heavy atom. The number of hydrogen-bond acceptors (Lipinski definition) is 6. The maximum Gasteiger partial charge on any atom is 0.209 e. The molecule has 3 rings (SSSR count). The minimum Gasteiger partial charge on any atom is -0.241 e. The first-order valence-corrected chi connectivity index (χ1v) is 9.08. The molecule has 0 bridgehead atoms. The van der Waals surface area contributed by atoms with Crippen molar-refractivity contribution < 1.29 is 0 Å². The molecular weight excluding hydrogens is 314 g/mol. The van der Waals surface area contributed by atoms with Crippen molar-refractivity contribution in [1.82, 2.24) is 25.2 Å². The fourth-order valence-electron chi connectivity index (χ4n) is 2.22. The van der Waals surface area contributed by atoms with Crippen molar-refractivity contribution in [3.05, 3.63) is 29.3 Å². The second-order valence-electron chi connectivity index (χ2n) is 5.75. The van der Waals surface area contributed by atoms with Crippen LogP contribution in [0.5, 0.6) is 0 Å². The van der Waals surface area contributed by atoms with E-state index < -0.39 is 0 Å². The Morgan fingerprint density at radius 1 is 1.23 bits per heavy atom. The fourth-order valence-corrected chi connectivity index (χ4v) is 4.34. The number of tetrazole rings is 1. The van der Waals surface area contributed by atoms with Gasteiger partial charge in [0.1, 0.15) is 0 Å². The number of para-hydroxylation sites is 1. The largest absolute Gasteiger partial charge is 0.241 e. The predicted octanol–water partition coefficient (Wildman–Crippen LogP) is 3.66. The summed E-state index contributed by atoms with van der Waals surface area (Å²) in [5.74, 6) is 0.530. The number of nitrogens with zero attached hydrogens (tertiary/aromatic N) is 5. The van der Waals surface area contributed by atoms with E-state index >= 15 is 0 Å². The molecule has 116 valence electrons. The Kier molecular flexibility index (Phi) is 4.73. The Balaban J connectivity index is 1.67. The summed E-state index contributed by atoms with van der Waals surface area (Å²) in [5.41, 5.74) is 1.09. The second kappa shape index (κ2) is 6.75. The molecule has 0 aliphatic rings. The molecule has 0 unspecified atom stereocenters. The average molecular weight is 333 g/mol. The van der Waals surface area contributed by atoms with Gasteiger partial charge in [-0.05, 0) is 28.5 Å². The third-order valence-electron chi connectivity index (χ3n) is 3.14. The maximum absolute atomic E-state index is 4.70. The summed E-state index contributed by atoms with van der Waals surface area (Å²) in [7, 11) is 0. The maximum atomic E-state index is 4.70. The number of aromatic nitrogens is 5. The third kappa shape index (κ3) is 3.64. The molecule has 0 amide bonds. The number of rotatable bonds is 6. The van der Waals surface area contributed by atoms with Crippen molar-refractivity contribution in [1.29, 1.82) is 0 Å². The molecule has 0 N–H and O–H groups in total. The van der Waals surface area contributed by atoms with E-state index in [9.17, 15) is 0 Å². The van der Waals surface area contributed by atoms with E-state index in [-0.39, 0.29) is 0 Å². The smallest absolute Gasteiger partial charge is 0.209 e. The van der Waals surface area contributed by atoms with Gasteiger partial charge in [0.25, 0.3) is 0 Å². The molecule has 0 aliphatic heterocycles. The van der Waals surface area contributed by atoms with Crippen molar-refractivity contribution in [3.63, 3.8) is 0 Å². The normalized spacial score (nSPS) is 13.1. The highest BCUT2D eigenvalue weighted by Gasteiger charge is 2.15. The topological polar surface area (TPSA) is 56.5 Å². The molecule has 22 heavy (non-hydrogen) atoms. The summed E-state index contributed by atoms with van der Waals surface area (Å²) in [4.78, 5) is 4.70. The Bertz CT molecular complexity index is 716. The van der Waals surface area contributed by atoms with Crippen LogP contribution in [0.2, 0.25) is 0 Å². The van der Waals surface area contributed by atoms with Crippen LogP contribution in [0, 0.1) is 5.92 Å². The lowest BCUT2D eigenvalue weighted by atomic mass is 10.2. The molecule has 7 heteroatoms. The van der Waals surface area contributed by atoms with Crippen LogP contribution in [0.4, 0.5) is 0 Å². The van der Waals surface area contributed by atoms with Gasteiger partial charge in [0, 0.05) is 18.2 Å². The fraction of sp³-hybridized carbons (Fsp3) is 0.467. The minimum atomic E-state index is 0.387. The van der Waals surface area contributed by atoms with E-state index in [2.05, 4.69) is 54.5 Å². The van der Waals surface area contributed by atoms with Gasteiger partial charge in [0.2, 0.25) is 5.16 Å². The van der Waals surface area contributed by atoms with E-state index in [1.165, 1.54) is 9.71 Å². The van der Waals surface area contributed by atoms with Gasteiger partial charge >= 0.3 is 0 Å². The summed E-state index contributed by atoms with van der Waals surface area (Å²) in [6.45, 7) is 7.38. The van der Waals surface area contributed by atoms with Crippen LogP contribution < -0.4 is 0 Å². The lowest BCUT2D eigenvalue weighted by molar-refractivity contribution is 0.445. The molecule has 0 saturated heterocycles. The van der Waals surface area contributed by atoms with Crippen LogP contribution in [0.15, 0.2) is 29.4 Å². The van der Waals surface area contributed by atoms with Crippen LogP contribution in [0.1, 0.15) is 25.8 Å². The van der Waals surface area contributed by atoms with Crippen molar-refractivity contribution in [2.24, 2.45) is 5.92 Å². The van der Waals surface area contributed by atoms with E-state index in [0.29, 0.717) is 11.2 Å².